The zero-order valence-electron chi connectivity index (χ0n) is 8.77. The molecule has 0 aliphatic heterocycles. The normalized spacial score (nSPS) is 13.0. The van der Waals surface area contributed by atoms with Crippen LogP contribution in [-0.2, 0) is 0 Å². The summed E-state index contributed by atoms with van der Waals surface area (Å²) in [5.41, 5.74) is 0. The molecule has 1 atom stereocenters. The second-order valence-corrected chi connectivity index (χ2v) is 3.71. The molecule has 0 spiro atoms. The summed E-state index contributed by atoms with van der Waals surface area (Å²) in [6, 6.07) is 0. The van der Waals surface area contributed by atoms with E-state index in [-0.39, 0.29) is 0 Å². The summed E-state index contributed by atoms with van der Waals surface area (Å²) in [6.07, 6.45) is 5.69. The van der Waals surface area contributed by atoms with Gasteiger partial charge in [0.05, 0.1) is 0 Å². The molecule has 0 heterocycles. The van der Waals surface area contributed by atoms with Crippen LogP contribution >= 0.6 is 0 Å². The Morgan fingerprint density at radius 2 is 2.08 bits per heavy atom. The van der Waals surface area contributed by atoms with Crippen molar-refractivity contribution in [2.75, 3.05) is 6.54 Å². The molecule has 0 rings (SSSR count). The summed E-state index contributed by atoms with van der Waals surface area (Å²) < 4.78 is 0. The van der Waals surface area contributed by atoms with Crippen molar-refractivity contribution in [2.24, 2.45) is 11.8 Å². The van der Waals surface area contributed by atoms with Gasteiger partial charge in [0.2, 0.25) is 0 Å². The number of rotatable bonds is 7. The maximum atomic E-state index is 3.62. The van der Waals surface area contributed by atoms with Crippen LogP contribution < -0.4 is 5.32 Å². The highest BCUT2D eigenvalue weighted by atomic mass is 14.8. The number of nitrogens with one attached hydrogen (secondary N) is 1. The van der Waals surface area contributed by atoms with Crippen LogP contribution in [0.4, 0.5) is 0 Å². The lowest BCUT2D eigenvalue weighted by Gasteiger charge is -2.18. The lowest BCUT2D eigenvalue weighted by atomic mass is 9.89. The van der Waals surface area contributed by atoms with Crippen LogP contribution in [-0.4, -0.2) is 6.54 Å². The van der Waals surface area contributed by atoms with Crippen LogP contribution in [0.2, 0.25) is 0 Å². The SMILES string of the molecule is C=CNCCCC(CC)C(C)C. The Morgan fingerprint density at radius 1 is 1.42 bits per heavy atom. The first kappa shape index (κ1) is 11.5. The Balaban J connectivity index is 3.38. The van der Waals surface area contributed by atoms with Gasteiger partial charge in [-0.15, -0.1) is 0 Å². The molecule has 0 bridgehead atoms. The van der Waals surface area contributed by atoms with Gasteiger partial charge in [-0.05, 0) is 30.9 Å². The van der Waals surface area contributed by atoms with Crippen LogP contribution in [0.1, 0.15) is 40.0 Å². The zero-order valence-corrected chi connectivity index (χ0v) is 8.77. The van der Waals surface area contributed by atoms with E-state index in [1.807, 2.05) is 0 Å². The summed E-state index contributed by atoms with van der Waals surface area (Å²) in [6.45, 7) is 11.6. The topological polar surface area (TPSA) is 12.0 Å². The van der Waals surface area contributed by atoms with Crippen molar-refractivity contribution in [3.8, 4) is 0 Å². The standard InChI is InChI=1S/C11H23N/c1-5-11(10(3)4)8-7-9-12-6-2/h6,10-12H,2,5,7-9H2,1,3-4H3. The third-order valence-corrected chi connectivity index (χ3v) is 2.51. The smallest absolute Gasteiger partial charge is 0.0141 e. The molecule has 0 aromatic carbocycles. The van der Waals surface area contributed by atoms with Gasteiger partial charge < -0.3 is 5.32 Å². The Hall–Kier alpha value is -0.460. The fourth-order valence-electron chi connectivity index (χ4n) is 1.58. The molecule has 0 aliphatic carbocycles. The summed E-state index contributed by atoms with van der Waals surface area (Å²) in [5, 5.41) is 3.13. The molecular weight excluding hydrogens is 146 g/mol. The number of hydrogen-bond donors (Lipinski definition) is 1. The van der Waals surface area contributed by atoms with E-state index in [1.165, 1.54) is 19.3 Å². The molecule has 0 fully saturated rings. The second kappa shape index (κ2) is 7.20. The fourth-order valence-corrected chi connectivity index (χ4v) is 1.58. The van der Waals surface area contributed by atoms with Crippen LogP contribution in [0.25, 0.3) is 0 Å². The van der Waals surface area contributed by atoms with Crippen LogP contribution in [0.15, 0.2) is 12.8 Å². The third-order valence-electron chi connectivity index (χ3n) is 2.51. The van der Waals surface area contributed by atoms with Crippen molar-refractivity contribution < 1.29 is 0 Å². The van der Waals surface area contributed by atoms with Crippen molar-refractivity contribution in [2.45, 2.75) is 40.0 Å². The van der Waals surface area contributed by atoms with Gasteiger partial charge in [-0.2, -0.15) is 0 Å². The van der Waals surface area contributed by atoms with Gasteiger partial charge in [0.1, 0.15) is 0 Å². The highest BCUT2D eigenvalue weighted by Gasteiger charge is 2.09. The fraction of sp³-hybridized carbons (Fsp3) is 0.818. The molecule has 1 nitrogen and oxygen atoms in total. The quantitative estimate of drug-likeness (QED) is 0.577. The van der Waals surface area contributed by atoms with E-state index < -0.39 is 0 Å². The van der Waals surface area contributed by atoms with Gasteiger partial charge in [0, 0.05) is 6.54 Å². The molecule has 0 saturated heterocycles. The highest BCUT2D eigenvalue weighted by molar-refractivity contribution is 4.65. The van der Waals surface area contributed by atoms with E-state index in [4.69, 9.17) is 0 Å². The first-order valence-corrected chi connectivity index (χ1v) is 5.06. The average Bonchev–Trinajstić information content (AvgIpc) is 2.04. The van der Waals surface area contributed by atoms with E-state index in [9.17, 15) is 0 Å². The third kappa shape index (κ3) is 5.22. The van der Waals surface area contributed by atoms with Gasteiger partial charge in [-0.1, -0.05) is 33.8 Å². The molecule has 1 unspecified atom stereocenters. The lowest BCUT2D eigenvalue weighted by Crippen LogP contribution is -2.12. The maximum Gasteiger partial charge on any atom is 0.0141 e. The summed E-state index contributed by atoms with van der Waals surface area (Å²) in [5.74, 6) is 1.73. The van der Waals surface area contributed by atoms with Gasteiger partial charge in [0.15, 0.2) is 0 Å². The minimum absolute atomic E-state index is 0.832. The lowest BCUT2D eigenvalue weighted by molar-refractivity contribution is 0.340. The summed E-state index contributed by atoms with van der Waals surface area (Å²) >= 11 is 0. The summed E-state index contributed by atoms with van der Waals surface area (Å²) in [4.78, 5) is 0. The van der Waals surface area contributed by atoms with Crippen molar-refractivity contribution in [1.29, 1.82) is 0 Å². The predicted molar refractivity (Wildman–Crippen MR) is 56.1 cm³/mol. The Kier molecular flexibility index (Phi) is 6.93. The molecule has 0 aromatic rings. The van der Waals surface area contributed by atoms with E-state index >= 15 is 0 Å². The molecule has 0 amide bonds. The van der Waals surface area contributed by atoms with E-state index in [0.29, 0.717) is 0 Å². The molecule has 0 aromatic heterocycles. The Bertz CT molecular complexity index is 108. The minimum atomic E-state index is 0.832. The van der Waals surface area contributed by atoms with Crippen molar-refractivity contribution in [3.05, 3.63) is 12.8 Å². The molecule has 0 aliphatic rings. The summed E-state index contributed by atoms with van der Waals surface area (Å²) in [7, 11) is 0. The maximum absolute atomic E-state index is 3.62. The molecule has 0 saturated carbocycles. The monoisotopic (exact) mass is 169 g/mol. The van der Waals surface area contributed by atoms with Crippen molar-refractivity contribution in [1.82, 2.24) is 5.32 Å². The van der Waals surface area contributed by atoms with Crippen LogP contribution in [0.5, 0.6) is 0 Å². The zero-order chi connectivity index (χ0) is 9.40. The van der Waals surface area contributed by atoms with Gasteiger partial charge >= 0.3 is 0 Å². The molecule has 1 heteroatoms. The van der Waals surface area contributed by atoms with E-state index in [1.54, 1.807) is 6.20 Å². The molecule has 1 N–H and O–H groups in total. The first-order chi connectivity index (χ1) is 5.72. The van der Waals surface area contributed by atoms with E-state index in [0.717, 1.165) is 18.4 Å². The first-order valence-electron chi connectivity index (χ1n) is 5.06. The average molecular weight is 169 g/mol. The predicted octanol–water partition coefficient (Wildman–Crippen LogP) is 3.18. The minimum Gasteiger partial charge on any atom is -0.391 e. The molecular formula is C11H23N. The Labute approximate surface area is 77.2 Å². The molecule has 12 heavy (non-hydrogen) atoms. The van der Waals surface area contributed by atoms with E-state index in [2.05, 4.69) is 32.7 Å². The van der Waals surface area contributed by atoms with Gasteiger partial charge in [-0.3, -0.25) is 0 Å². The van der Waals surface area contributed by atoms with Crippen molar-refractivity contribution >= 4 is 0 Å². The van der Waals surface area contributed by atoms with Gasteiger partial charge in [-0.25, -0.2) is 0 Å². The van der Waals surface area contributed by atoms with Gasteiger partial charge in [0.25, 0.3) is 0 Å². The van der Waals surface area contributed by atoms with Crippen LogP contribution in [0.3, 0.4) is 0 Å². The second-order valence-electron chi connectivity index (χ2n) is 3.71. The molecule has 0 radical (unpaired) electrons. The largest absolute Gasteiger partial charge is 0.391 e. The highest BCUT2D eigenvalue weighted by Crippen LogP contribution is 2.19. The molecule has 72 valence electrons. The van der Waals surface area contributed by atoms with Crippen LogP contribution in [0, 0.1) is 11.8 Å². The Morgan fingerprint density at radius 3 is 2.50 bits per heavy atom. The number of hydrogen-bond acceptors (Lipinski definition) is 1. The van der Waals surface area contributed by atoms with Crippen molar-refractivity contribution in [3.63, 3.8) is 0 Å².